The molecule has 1 fully saturated rings. The number of likely N-dealkylation sites (tertiary alicyclic amines) is 1. The summed E-state index contributed by atoms with van der Waals surface area (Å²) in [6.45, 7) is 3.12. The van der Waals surface area contributed by atoms with E-state index in [-0.39, 0.29) is 24.3 Å². The number of rotatable bonds is 6. The van der Waals surface area contributed by atoms with Gasteiger partial charge in [0.25, 0.3) is 0 Å². The van der Waals surface area contributed by atoms with Gasteiger partial charge in [0.05, 0.1) is 30.2 Å². The highest BCUT2D eigenvalue weighted by atomic mass is 19.1. The Morgan fingerprint density at radius 2 is 1.93 bits per heavy atom. The molecule has 2 N–H and O–H groups in total. The van der Waals surface area contributed by atoms with Crippen LogP contribution in [-0.2, 0) is 4.79 Å². The molecule has 3 heterocycles. The zero-order valence-electron chi connectivity index (χ0n) is 16.8. The number of pyridine rings is 2. The van der Waals surface area contributed by atoms with Crippen LogP contribution in [0.25, 0.3) is 0 Å². The first-order valence-electron chi connectivity index (χ1n) is 10.0. The molecule has 154 valence electrons. The van der Waals surface area contributed by atoms with Crippen molar-refractivity contribution in [3.8, 4) is 0 Å². The Bertz CT molecular complexity index is 1010. The summed E-state index contributed by atoms with van der Waals surface area (Å²) in [4.78, 5) is 23.5. The highest BCUT2D eigenvalue weighted by Gasteiger charge is 2.28. The summed E-state index contributed by atoms with van der Waals surface area (Å²) in [7, 11) is 0. The van der Waals surface area contributed by atoms with E-state index in [0.717, 1.165) is 42.1 Å². The lowest BCUT2D eigenvalue weighted by atomic mass is 10.1. The molecule has 1 aromatic carbocycles. The molecular formula is C23H24FN5O. The second-order valence-electron chi connectivity index (χ2n) is 7.45. The summed E-state index contributed by atoms with van der Waals surface area (Å²) >= 11 is 0. The zero-order valence-corrected chi connectivity index (χ0v) is 16.8. The smallest absolute Gasteiger partial charge is 0.238 e. The van der Waals surface area contributed by atoms with Gasteiger partial charge in [-0.3, -0.25) is 14.7 Å². The van der Waals surface area contributed by atoms with Gasteiger partial charge in [0.1, 0.15) is 11.6 Å². The molecule has 30 heavy (non-hydrogen) atoms. The van der Waals surface area contributed by atoms with E-state index in [0.29, 0.717) is 5.69 Å². The van der Waals surface area contributed by atoms with Gasteiger partial charge in [-0.15, -0.1) is 0 Å². The van der Waals surface area contributed by atoms with E-state index in [1.165, 1.54) is 12.1 Å². The molecule has 0 aliphatic carbocycles. The number of hydrogen-bond acceptors (Lipinski definition) is 5. The first-order valence-corrected chi connectivity index (χ1v) is 10.0. The number of nitrogens with zero attached hydrogens (tertiary/aromatic N) is 3. The van der Waals surface area contributed by atoms with Gasteiger partial charge in [-0.2, -0.15) is 0 Å². The van der Waals surface area contributed by atoms with Gasteiger partial charge in [0.15, 0.2) is 0 Å². The van der Waals surface area contributed by atoms with E-state index in [1.807, 2.05) is 31.2 Å². The molecule has 0 spiro atoms. The molecule has 0 radical (unpaired) electrons. The van der Waals surface area contributed by atoms with Gasteiger partial charge < -0.3 is 10.6 Å². The SMILES string of the molecule is Cc1cccnc1Nc1ccc([C@H]2CCCN2CC(=O)Nc2ccc(F)cc2)nc1. The molecule has 1 atom stereocenters. The van der Waals surface area contributed by atoms with Crippen molar-refractivity contribution in [1.29, 1.82) is 0 Å². The predicted octanol–water partition coefficient (Wildman–Crippen LogP) is 4.44. The van der Waals surface area contributed by atoms with Crippen molar-refractivity contribution in [2.45, 2.75) is 25.8 Å². The third-order valence-electron chi connectivity index (χ3n) is 5.24. The molecule has 1 amide bonds. The Labute approximate surface area is 175 Å². The van der Waals surface area contributed by atoms with Crippen molar-refractivity contribution < 1.29 is 9.18 Å². The van der Waals surface area contributed by atoms with Crippen LogP contribution in [0.5, 0.6) is 0 Å². The molecule has 6 nitrogen and oxygen atoms in total. The molecule has 1 aliphatic heterocycles. The maximum atomic E-state index is 13.0. The summed E-state index contributed by atoms with van der Waals surface area (Å²) in [6.07, 6.45) is 5.54. The average molecular weight is 405 g/mol. The van der Waals surface area contributed by atoms with Gasteiger partial charge in [-0.25, -0.2) is 9.37 Å². The maximum absolute atomic E-state index is 13.0. The number of hydrogen-bond donors (Lipinski definition) is 2. The lowest BCUT2D eigenvalue weighted by Gasteiger charge is -2.23. The van der Waals surface area contributed by atoms with E-state index < -0.39 is 0 Å². The fourth-order valence-electron chi connectivity index (χ4n) is 3.70. The molecule has 0 saturated carbocycles. The molecule has 0 unspecified atom stereocenters. The minimum absolute atomic E-state index is 0.106. The number of carbonyl (C=O) groups excluding carboxylic acids is 1. The lowest BCUT2D eigenvalue weighted by molar-refractivity contribution is -0.117. The summed E-state index contributed by atoms with van der Waals surface area (Å²) in [5.41, 5.74) is 3.48. The Morgan fingerprint density at radius 1 is 1.13 bits per heavy atom. The Morgan fingerprint density at radius 3 is 2.67 bits per heavy atom. The Kier molecular flexibility index (Phi) is 5.99. The third kappa shape index (κ3) is 4.80. The number of amides is 1. The van der Waals surface area contributed by atoms with Crippen LogP contribution in [0, 0.1) is 12.7 Å². The molecule has 0 bridgehead atoms. The zero-order chi connectivity index (χ0) is 20.9. The van der Waals surface area contributed by atoms with Crippen LogP contribution in [0.3, 0.4) is 0 Å². The number of aromatic nitrogens is 2. The second kappa shape index (κ2) is 9.00. The van der Waals surface area contributed by atoms with Crippen LogP contribution in [0.2, 0.25) is 0 Å². The number of anilines is 3. The van der Waals surface area contributed by atoms with Crippen molar-refractivity contribution in [3.05, 3.63) is 78.0 Å². The van der Waals surface area contributed by atoms with Gasteiger partial charge >= 0.3 is 0 Å². The lowest BCUT2D eigenvalue weighted by Crippen LogP contribution is -2.33. The van der Waals surface area contributed by atoms with Crippen molar-refractivity contribution in [1.82, 2.24) is 14.9 Å². The number of halogens is 1. The van der Waals surface area contributed by atoms with Crippen molar-refractivity contribution in [3.63, 3.8) is 0 Å². The quantitative estimate of drug-likeness (QED) is 0.634. The molecule has 3 aromatic rings. The topological polar surface area (TPSA) is 70.2 Å². The van der Waals surface area contributed by atoms with Gasteiger partial charge in [-0.1, -0.05) is 6.07 Å². The van der Waals surface area contributed by atoms with Crippen molar-refractivity contribution >= 4 is 23.1 Å². The van der Waals surface area contributed by atoms with E-state index >= 15 is 0 Å². The monoisotopic (exact) mass is 405 g/mol. The molecule has 2 aromatic heterocycles. The summed E-state index contributed by atoms with van der Waals surface area (Å²) in [5.74, 6) is 0.374. The van der Waals surface area contributed by atoms with Crippen LogP contribution < -0.4 is 10.6 Å². The van der Waals surface area contributed by atoms with Gasteiger partial charge in [0.2, 0.25) is 5.91 Å². The fourth-order valence-corrected chi connectivity index (χ4v) is 3.70. The highest BCUT2D eigenvalue weighted by molar-refractivity contribution is 5.92. The van der Waals surface area contributed by atoms with Gasteiger partial charge in [-0.05, 0) is 74.3 Å². The molecule has 7 heteroatoms. The molecule has 4 rings (SSSR count). The Hall–Kier alpha value is -3.32. The molecule has 1 saturated heterocycles. The number of nitrogens with one attached hydrogen (secondary N) is 2. The second-order valence-corrected chi connectivity index (χ2v) is 7.45. The van der Waals surface area contributed by atoms with Gasteiger partial charge in [0, 0.05) is 11.9 Å². The molecule has 1 aliphatic rings. The average Bonchev–Trinajstić information content (AvgIpc) is 3.20. The minimum atomic E-state index is -0.324. The van der Waals surface area contributed by atoms with Crippen LogP contribution >= 0.6 is 0 Å². The van der Waals surface area contributed by atoms with E-state index in [2.05, 4.69) is 25.5 Å². The fraction of sp³-hybridized carbons (Fsp3) is 0.261. The number of benzene rings is 1. The number of carbonyl (C=O) groups is 1. The predicted molar refractivity (Wildman–Crippen MR) is 115 cm³/mol. The Balaban J connectivity index is 1.38. The van der Waals surface area contributed by atoms with Crippen LogP contribution in [-0.4, -0.2) is 33.9 Å². The van der Waals surface area contributed by atoms with Crippen molar-refractivity contribution in [2.75, 3.05) is 23.7 Å². The third-order valence-corrected chi connectivity index (χ3v) is 5.24. The van der Waals surface area contributed by atoms with E-state index in [1.54, 1.807) is 24.5 Å². The first-order chi connectivity index (χ1) is 14.6. The summed E-state index contributed by atoms with van der Waals surface area (Å²) in [5, 5.41) is 6.11. The highest BCUT2D eigenvalue weighted by Crippen LogP contribution is 2.31. The summed E-state index contributed by atoms with van der Waals surface area (Å²) < 4.78 is 13.0. The van der Waals surface area contributed by atoms with E-state index in [9.17, 15) is 9.18 Å². The van der Waals surface area contributed by atoms with Crippen LogP contribution in [0.4, 0.5) is 21.6 Å². The largest absolute Gasteiger partial charge is 0.339 e. The first kappa shape index (κ1) is 20.0. The number of aryl methyl sites for hydroxylation is 1. The normalized spacial score (nSPS) is 16.4. The van der Waals surface area contributed by atoms with Crippen LogP contribution in [0.1, 0.15) is 30.1 Å². The van der Waals surface area contributed by atoms with Crippen LogP contribution in [0.15, 0.2) is 60.9 Å². The molecular weight excluding hydrogens is 381 g/mol. The standard InChI is InChI=1S/C23H24FN5O/c1-16-4-2-12-25-23(16)28-19-10-11-20(26-14-19)21-5-3-13-29(21)15-22(30)27-18-8-6-17(24)7-9-18/h2,4,6-12,14,21H,3,5,13,15H2,1H3,(H,25,28)(H,27,30)/t21-/m1/s1. The van der Waals surface area contributed by atoms with E-state index in [4.69, 9.17) is 0 Å². The van der Waals surface area contributed by atoms with Crippen molar-refractivity contribution in [2.24, 2.45) is 0 Å². The summed E-state index contributed by atoms with van der Waals surface area (Å²) in [6, 6.07) is 13.8. The maximum Gasteiger partial charge on any atom is 0.238 e. The minimum Gasteiger partial charge on any atom is -0.339 e.